The fourth-order valence-corrected chi connectivity index (χ4v) is 2.36. The maximum absolute atomic E-state index is 12.1. The highest BCUT2D eigenvalue weighted by Gasteiger charge is 2.24. The molecule has 0 aliphatic carbocycles. The van der Waals surface area contributed by atoms with Gasteiger partial charge in [-0.1, -0.05) is 26.0 Å². The van der Waals surface area contributed by atoms with Gasteiger partial charge in [-0.15, -0.1) is 0 Å². The Kier molecular flexibility index (Phi) is 4.37. The highest BCUT2D eigenvalue weighted by molar-refractivity contribution is 5.94. The lowest BCUT2D eigenvalue weighted by Crippen LogP contribution is -2.45. The number of hydrogen-bond donors (Lipinski definition) is 2. The van der Waals surface area contributed by atoms with E-state index in [1.165, 1.54) is 5.56 Å². The molecule has 1 amide bonds. The van der Waals surface area contributed by atoms with Crippen LogP contribution in [0, 0.1) is 5.92 Å². The van der Waals surface area contributed by atoms with Crippen LogP contribution in [0.2, 0.25) is 0 Å². The van der Waals surface area contributed by atoms with Gasteiger partial charge in [0.05, 0.1) is 6.04 Å². The van der Waals surface area contributed by atoms with Crippen LogP contribution in [0.1, 0.15) is 32.3 Å². The van der Waals surface area contributed by atoms with Crippen LogP contribution in [0.15, 0.2) is 24.3 Å². The Morgan fingerprint density at radius 2 is 2.11 bits per heavy atom. The molecule has 18 heavy (non-hydrogen) atoms. The third-order valence-electron chi connectivity index (χ3n) is 3.61. The summed E-state index contributed by atoms with van der Waals surface area (Å²) >= 11 is 0. The molecule has 1 aromatic carbocycles. The molecule has 2 N–H and O–H groups in total. The maximum Gasteiger partial charge on any atom is 0.241 e. The molecule has 1 aliphatic rings. The van der Waals surface area contributed by atoms with Gasteiger partial charge in [0, 0.05) is 5.69 Å². The van der Waals surface area contributed by atoms with Crippen molar-refractivity contribution in [3.8, 4) is 0 Å². The second-order valence-corrected chi connectivity index (χ2v) is 5.18. The number of anilines is 1. The highest BCUT2D eigenvalue weighted by atomic mass is 16.2. The molecule has 0 aromatic heterocycles. The van der Waals surface area contributed by atoms with Crippen LogP contribution in [-0.4, -0.2) is 18.5 Å². The smallest absolute Gasteiger partial charge is 0.241 e. The van der Waals surface area contributed by atoms with Crippen LogP contribution in [0.25, 0.3) is 0 Å². The molecule has 3 heteroatoms. The lowest BCUT2D eigenvalue weighted by molar-refractivity contribution is -0.119. The molecule has 98 valence electrons. The van der Waals surface area contributed by atoms with E-state index in [-0.39, 0.29) is 11.9 Å². The molecule has 2 atom stereocenters. The summed E-state index contributed by atoms with van der Waals surface area (Å²) in [5.41, 5.74) is 2.18. The Hall–Kier alpha value is -1.35. The molecule has 2 unspecified atom stereocenters. The van der Waals surface area contributed by atoms with E-state index in [0.29, 0.717) is 5.92 Å². The Morgan fingerprint density at radius 3 is 2.72 bits per heavy atom. The van der Waals surface area contributed by atoms with Crippen molar-refractivity contribution in [3.63, 3.8) is 0 Å². The predicted octanol–water partition coefficient (Wildman–Crippen LogP) is 2.58. The minimum Gasteiger partial charge on any atom is -0.325 e. The van der Waals surface area contributed by atoms with E-state index in [1.807, 2.05) is 12.1 Å². The zero-order valence-corrected chi connectivity index (χ0v) is 11.2. The largest absolute Gasteiger partial charge is 0.325 e. The topological polar surface area (TPSA) is 41.1 Å². The van der Waals surface area contributed by atoms with Gasteiger partial charge >= 0.3 is 0 Å². The number of aryl methyl sites for hydroxylation is 1. The molecule has 1 heterocycles. The fraction of sp³-hybridized carbons (Fsp3) is 0.533. The zero-order chi connectivity index (χ0) is 13.0. The summed E-state index contributed by atoms with van der Waals surface area (Å²) in [6.07, 6.45) is 3.11. The molecule has 0 bridgehead atoms. The van der Waals surface area contributed by atoms with Crippen LogP contribution < -0.4 is 10.6 Å². The molecular weight excluding hydrogens is 224 g/mol. The normalized spacial score (nSPS) is 23.7. The van der Waals surface area contributed by atoms with Crippen molar-refractivity contribution in [2.24, 2.45) is 5.92 Å². The van der Waals surface area contributed by atoms with Crippen molar-refractivity contribution in [1.82, 2.24) is 5.32 Å². The lowest BCUT2D eigenvalue weighted by Gasteiger charge is -2.27. The SMILES string of the molecule is CCc1ccc(NC(=O)C2CC(C)CCN2)cc1. The van der Waals surface area contributed by atoms with Crippen LogP contribution >= 0.6 is 0 Å². The van der Waals surface area contributed by atoms with E-state index in [9.17, 15) is 4.79 Å². The summed E-state index contributed by atoms with van der Waals surface area (Å²) in [5, 5.41) is 6.26. The summed E-state index contributed by atoms with van der Waals surface area (Å²) in [5.74, 6) is 0.718. The lowest BCUT2D eigenvalue weighted by atomic mass is 9.94. The molecule has 3 nitrogen and oxygen atoms in total. The van der Waals surface area contributed by atoms with Gasteiger partial charge in [-0.05, 0) is 49.4 Å². The van der Waals surface area contributed by atoms with Crippen LogP contribution in [0.4, 0.5) is 5.69 Å². The number of hydrogen-bond acceptors (Lipinski definition) is 2. The first-order chi connectivity index (χ1) is 8.69. The standard InChI is InChI=1S/C15H22N2O/c1-3-12-4-6-13(7-5-12)17-15(18)14-10-11(2)8-9-16-14/h4-7,11,14,16H,3,8-10H2,1-2H3,(H,17,18). The van der Waals surface area contributed by atoms with Crippen molar-refractivity contribution in [2.75, 3.05) is 11.9 Å². The van der Waals surface area contributed by atoms with E-state index in [1.54, 1.807) is 0 Å². The molecule has 2 rings (SSSR count). The van der Waals surface area contributed by atoms with Gasteiger partial charge in [-0.3, -0.25) is 4.79 Å². The van der Waals surface area contributed by atoms with Crippen molar-refractivity contribution < 1.29 is 4.79 Å². The first kappa shape index (κ1) is 13.1. The Bertz CT molecular complexity index is 399. The van der Waals surface area contributed by atoms with Gasteiger partial charge in [0.25, 0.3) is 0 Å². The second-order valence-electron chi connectivity index (χ2n) is 5.18. The van der Waals surface area contributed by atoms with Crippen LogP contribution in [0.5, 0.6) is 0 Å². The van der Waals surface area contributed by atoms with E-state index < -0.39 is 0 Å². The highest BCUT2D eigenvalue weighted by Crippen LogP contribution is 2.17. The van der Waals surface area contributed by atoms with Crippen molar-refractivity contribution in [3.05, 3.63) is 29.8 Å². The Morgan fingerprint density at radius 1 is 1.39 bits per heavy atom. The number of nitrogens with one attached hydrogen (secondary N) is 2. The third-order valence-corrected chi connectivity index (χ3v) is 3.61. The average Bonchev–Trinajstić information content (AvgIpc) is 2.39. The number of carbonyl (C=O) groups is 1. The Labute approximate surface area is 109 Å². The molecule has 0 spiro atoms. The van der Waals surface area contributed by atoms with Gasteiger partial charge in [-0.25, -0.2) is 0 Å². The Balaban J connectivity index is 1.93. The minimum atomic E-state index is -0.0420. The number of amides is 1. The number of piperidine rings is 1. The summed E-state index contributed by atoms with van der Waals surface area (Å²) in [4.78, 5) is 12.1. The minimum absolute atomic E-state index is 0.0420. The summed E-state index contributed by atoms with van der Waals surface area (Å²) in [7, 11) is 0. The quantitative estimate of drug-likeness (QED) is 0.860. The van der Waals surface area contributed by atoms with Gasteiger partial charge in [-0.2, -0.15) is 0 Å². The third kappa shape index (κ3) is 3.33. The fourth-order valence-electron chi connectivity index (χ4n) is 2.36. The number of benzene rings is 1. The van der Waals surface area contributed by atoms with Gasteiger partial charge in [0.15, 0.2) is 0 Å². The van der Waals surface area contributed by atoms with Gasteiger partial charge in [0.2, 0.25) is 5.91 Å². The average molecular weight is 246 g/mol. The summed E-state index contributed by atoms with van der Waals surface area (Å²) in [6.45, 7) is 5.27. The first-order valence-corrected chi connectivity index (χ1v) is 6.82. The molecule has 1 fully saturated rings. The van der Waals surface area contributed by atoms with Crippen LogP contribution in [-0.2, 0) is 11.2 Å². The second kappa shape index (κ2) is 6.01. The molecule has 0 saturated carbocycles. The van der Waals surface area contributed by atoms with E-state index >= 15 is 0 Å². The number of rotatable bonds is 3. The van der Waals surface area contributed by atoms with Gasteiger partial charge < -0.3 is 10.6 Å². The molecule has 1 aliphatic heterocycles. The van der Waals surface area contributed by atoms with Gasteiger partial charge in [0.1, 0.15) is 0 Å². The van der Waals surface area contributed by atoms with Crippen molar-refractivity contribution in [1.29, 1.82) is 0 Å². The summed E-state index contributed by atoms with van der Waals surface area (Å²) in [6, 6.07) is 8.03. The van der Waals surface area contributed by atoms with Crippen molar-refractivity contribution >= 4 is 11.6 Å². The van der Waals surface area contributed by atoms with Crippen molar-refractivity contribution in [2.45, 2.75) is 39.2 Å². The molecular formula is C15H22N2O. The number of carbonyl (C=O) groups excluding carboxylic acids is 1. The van der Waals surface area contributed by atoms with E-state index in [2.05, 4.69) is 36.6 Å². The van der Waals surface area contributed by atoms with Crippen LogP contribution in [0.3, 0.4) is 0 Å². The predicted molar refractivity (Wildman–Crippen MR) is 74.6 cm³/mol. The molecule has 1 aromatic rings. The maximum atomic E-state index is 12.1. The molecule has 1 saturated heterocycles. The van der Waals surface area contributed by atoms with E-state index in [4.69, 9.17) is 0 Å². The molecule has 0 radical (unpaired) electrons. The first-order valence-electron chi connectivity index (χ1n) is 6.82. The van der Waals surface area contributed by atoms with E-state index in [0.717, 1.165) is 31.5 Å². The zero-order valence-electron chi connectivity index (χ0n) is 11.2. The monoisotopic (exact) mass is 246 g/mol. The summed E-state index contributed by atoms with van der Waals surface area (Å²) < 4.78 is 0.